The average Bonchev–Trinajstić information content (AvgIpc) is 3.36. The third kappa shape index (κ3) is 3.32. The normalized spacial score (nSPS) is 28.4. The van der Waals surface area contributed by atoms with Gasteiger partial charge in [-0.25, -0.2) is 4.79 Å². The molecule has 0 unspecified atom stereocenters. The highest BCUT2D eigenvalue weighted by atomic mass is 16.5. The molecule has 0 aromatic heterocycles. The summed E-state index contributed by atoms with van der Waals surface area (Å²) in [7, 11) is 0. The van der Waals surface area contributed by atoms with Crippen molar-refractivity contribution in [3.05, 3.63) is 29.3 Å². The minimum atomic E-state index is -1.02. The predicted octanol–water partition coefficient (Wildman–Crippen LogP) is 2.20. The molecule has 29 heavy (non-hydrogen) atoms. The zero-order valence-corrected chi connectivity index (χ0v) is 16.9. The number of amides is 3. The summed E-state index contributed by atoms with van der Waals surface area (Å²) in [6.45, 7) is 4.94. The van der Waals surface area contributed by atoms with Crippen molar-refractivity contribution in [2.24, 2.45) is 23.7 Å². The number of carbonyl (C=O) groups is 4. The first-order valence-corrected chi connectivity index (χ1v) is 10.2. The summed E-state index contributed by atoms with van der Waals surface area (Å²) in [6, 6.07) is 4.49. The Morgan fingerprint density at radius 2 is 1.72 bits per heavy atom. The smallest absolute Gasteiger partial charge is 0.329 e. The van der Waals surface area contributed by atoms with Crippen molar-refractivity contribution < 1.29 is 23.9 Å². The third-order valence-electron chi connectivity index (χ3n) is 6.83. The number of likely N-dealkylation sites (tertiary alicyclic amines) is 1. The van der Waals surface area contributed by atoms with E-state index in [9.17, 15) is 19.2 Å². The Morgan fingerprint density at radius 1 is 1.10 bits per heavy atom. The van der Waals surface area contributed by atoms with Gasteiger partial charge >= 0.3 is 5.97 Å². The Labute approximate surface area is 169 Å². The van der Waals surface area contributed by atoms with Crippen LogP contribution < -0.4 is 5.32 Å². The molecule has 1 saturated heterocycles. The van der Waals surface area contributed by atoms with Crippen LogP contribution in [0.4, 0.5) is 5.69 Å². The number of benzene rings is 1. The van der Waals surface area contributed by atoms with Gasteiger partial charge in [-0.1, -0.05) is 6.07 Å². The van der Waals surface area contributed by atoms with E-state index in [1.807, 2.05) is 26.0 Å². The van der Waals surface area contributed by atoms with Crippen molar-refractivity contribution in [3.63, 3.8) is 0 Å². The first kappa shape index (κ1) is 19.6. The maximum absolute atomic E-state index is 12.8. The minimum absolute atomic E-state index is 0.253. The van der Waals surface area contributed by atoms with Gasteiger partial charge in [-0.15, -0.1) is 0 Å². The number of hydrogen-bond donors (Lipinski definition) is 1. The van der Waals surface area contributed by atoms with Crippen LogP contribution in [0.1, 0.15) is 37.3 Å². The van der Waals surface area contributed by atoms with Gasteiger partial charge in [-0.3, -0.25) is 19.3 Å². The van der Waals surface area contributed by atoms with E-state index >= 15 is 0 Å². The maximum Gasteiger partial charge on any atom is 0.329 e. The van der Waals surface area contributed by atoms with E-state index in [4.69, 9.17) is 4.74 Å². The van der Waals surface area contributed by atoms with Crippen molar-refractivity contribution in [1.82, 2.24) is 4.90 Å². The summed E-state index contributed by atoms with van der Waals surface area (Å²) < 4.78 is 5.10. The van der Waals surface area contributed by atoms with E-state index in [2.05, 4.69) is 5.32 Å². The van der Waals surface area contributed by atoms with Crippen LogP contribution in [0.2, 0.25) is 0 Å². The average molecular weight is 398 g/mol. The van der Waals surface area contributed by atoms with Crippen LogP contribution in [0.25, 0.3) is 0 Å². The molecule has 2 aliphatic carbocycles. The zero-order chi connectivity index (χ0) is 20.9. The van der Waals surface area contributed by atoms with Crippen LogP contribution in [0.3, 0.4) is 0 Å². The standard InChI is InChI=1S/C22H26N2O5/c1-11-4-7-16(8-12(11)2)23-17(25)10-29-22(28)13(3)24-20(26)18-14-5-6-15(9-14)19(18)21(24)27/h4,7-8,13-15,18-19H,5-6,9-10H2,1-3H3,(H,23,25)/t13-,14+,15+,18+,19+/m1/s1. The van der Waals surface area contributed by atoms with Gasteiger partial charge in [0.2, 0.25) is 11.8 Å². The molecular weight excluding hydrogens is 372 g/mol. The number of nitrogens with one attached hydrogen (secondary N) is 1. The van der Waals surface area contributed by atoms with Gasteiger partial charge in [-0.05, 0) is 75.1 Å². The van der Waals surface area contributed by atoms with Crippen molar-refractivity contribution in [3.8, 4) is 0 Å². The fourth-order valence-corrected chi connectivity index (χ4v) is 5.19. The second-order valence-electron chi connectivity index (χ2n) is 8.56. The lowest BCUT2D eigenvalue weighted by atomic mass is 9.81. The molecule has 1 aromatic rings. The van der Waals surface area contributed by atoms with E-state index in [0.29, 0.717) is 5.69 Å². The van der Waals surface area contributed by atoms with Crippen molar-refractivity contribution >= 4 is 29.4 Å². The fraction of sp³-hybridized carbons (Fsp3) is 0.545. The number of imide groups is 1. The predicted molar refractivity (Wildman–Crippen MR) is 105 cm³/mol. The molecule has 3 fully saturated rings. The fourth-order valence-electron chi connectivity index (χ4n) is 5.19. The number of carbonyl (C=O) groups excluding carboxylic acids is 4. The van der Waals surface area contributed by atoms with Crippen molar-refractivity contribution in [2.45, 2.75) is 46.1 Å². The van der Waals surface area contributed by atoms with Crippen molar-refractivity contribution in [1.29, 1.82) is 0 Å². The monoisotopic (exact) mass is 398 g/mol. The highest BCUT2D eigenvalue weighted by Crippen LogP contribution is 2.56. The molecule has 1 aromatic carbocycles. The van der Waals surface area contributed by atoms with Crippen LogP contribution in [-0.4, -0.2) is 41.2 Å². The van der Waals surface area contributed by atoms with Gasteiger partial charge < -0.3 is 10.1 Å². The molecule has 3 amide bonds. The second-order valence-corrected chi connectivity index (χ2v) is 8.56. The minimum Gasteiger partial charge on any atom is -0.454 e. The summed E-state index contributed by atoms with van der Waals surface area (Å²) in [5.74, 6) is -1.74. The first-order valence-electron chi connectivity index (χ1n) is 10.2. The molecule has 3 aliphatic rings. The van der Waals surface area contributed by atoms with Crippen LogP contribution in [0, 0.1) is 37.5 Å². The molecule has 2 bridgehead atoms. The van der Waals surface area contributed by atoms with Crippen molar-refractivity contribution in [2.75, 3.05) is 11.9 Å². The highest BCUT2D eigenvalue weighted by Gasteiger charge is 2.62. The quantitative estimate of drug-likeness (QED) is 0.606. The molecule has 0 spiro atoms. The number of aryl methyl sites for hydroxylation is 2. The van der Waals surface area contributed by atoms with Crippen LogP contribution >= 0.6 is 0 Å². The summed E-state index contributed by atoms with van der Waals surface area (Å²) in [5.41, 5.74) is 2.77. The first-order chi connectivity index (χ1) is 13.8. The Hall–Kier alpha value is -2.70. The topological polar surface area (TPSA) is 92.8 Å². The van der Waals surface area contributed by atoms with E-state index in [0.717, 1.165) is 35.3 Å². The van der Waals surface area contributed by atoms with Gasteiger partial charge in [0.1, 0.15) is 6.04 Å². The molecule has 1 aliphatic heterocycles. The highest BCUT2D eigenvalue weighted by molar-refractivity contribution is 6.08. The number of ether oxygens (including phenoxy) is 1. The summed E-state index contributed by atoms with van der Waals surface area (Å²) >= 11 is 0. The van der Waals surface area contributed by atoms with Gasteiger partial charge in [0, 0.05) is 5.69 Å². The molecule has 4 rings (SSSR count). The maximum atomic E-state index is 12.8. The number of fused-ring (bicyclic) bond motifs is 5. The lowest BCUT2D eigenvalue weighted by Gasteiger charge is -2.23. The van der Waals surface area contributed by atoms with E-state index < -0.39 is 24.5 Å². The molecule has 1 heterocycles. The summed E-state index contributed by atoms with van der Waals surface area (Å²) in [5, 5.41) is 2.68. The van der Waals surface area contributed by atoms with E-state index in [-0.39, 0.29) is 35.5 Å². The summed E-state index contributed by atoms with van der Waals surface area (Å²) in [6.07, 6.45) is 2.91. The van der Waals surface area contributed by atoms with Gasteiger partial charge in [-0.2, -0.15) is 0 Å². The van der Waals surface area contributed by atoms with Crippen LogP contribution in [-0.2, 0) is 23.9 Å². The SMILES string of the molecule is Cc1ccc(NC(=O)COC(=O)[C@@H](C)N2C(=O)[C@H]3[C@H]4CC[C@@H](C4)[C@@H]3C2=O)cc1C. The van der Waals surface area contributed by atoms with Gasteiger partial charge in [0.15, 0.2) is 6.61 Å². The van der Waals surface area contributed by atoms with E-state index in [1.165, 1.54) is 6.92 Å². The molecule has 7 nitrogen and oxygen atoms in total. The van der Waals surface area contributed by atoms with Gasteiger partial charge in [0.25, 0.3) is 5.91 Å². The largest absolute Gasteiger partial charge is 0.454 e. The Bertz CT molecular complexity index is 867. The number of hydrogen-bond acceptors (Lipinski definition) is 5. The Kier molecular flexibility index (Phi) is 4.92. The molecular formula is C22H26N2O5. The number of nitrogens with zero attached hydrogens (tertiary/aromatic N) is 1. The number of esters is 1. The molecule has 1 N–H and O–H groups in total. The molecule has 154 valence electrons. The van der Waals surface area contributed by atoms with Crippen LogP contribution in [0.15, 0.2) is 18.2 Å². The third-order valence-corrected chi connectivity index (χ3v) is 6.83. The Balaban J connectivity index is 1.34. The zero-order valence-electron chi connectivity index (χ0n) is 16.9. The summed E-state index contributed by atoms with van der Waals surface area (Å²) in [4.78, 5) is 51.2. The molecule has 0 radical (unpaired) electrons. The van der Waals surface area contributed by atoms with E-state index in [1.54, 1.807) is 6.07 Å². The lowest BCUT2D eigenvalue weighted by molar-refractivity contribution is -0.159. The number of rotatable bonds is 5. The molecule has 5 atom stereocenters. The molecule has 2 saturated carbocycles. The Morgan fingerprint density at radius 3 is 2.31 bits per heavy atom. The number of anilines is 1. The second kappa shape index (κ2) is 7.28. The van der Waals surface area contributed by atoms with Gasteiger partial charge in [0.05, 0.1) is 11.8 Å². The lowest BCUT2D eigenvalue weighted by Crippen LogP contribution is -2.45. The van der Waals surface area contributed by atoms with Crippen LogP contribution in [0.5, 0.6) is 0 Å². The molecule has 7 heteroatoms.